The van der Waals surface area contributed by atoms with Gasteiger partial charge in [0.2, 0.25) is 0 Å². The molecule has 0 spiro atoms. The van der Waals surface area contributed by atoms with E-state index in [9.17, 15) is 4.11 Å². The zero-order valence-corrected chi connectivity index (χ0v) is 27.8. The van der Waals surface area contributed by atoms with Crippen molar-refractivity contribution in [1.29, 1.82) is 0 Å². The monoisotopic (exact) mass is 688 g/mol. The molecule has 0 aliphatic heterocycles. The van der Waals surface area contributed by atoms with Gasteiger partial charge in [0.1, 0.15) is 11.2 Å². The van der Waals surface area contributed by atoms with Crippen LogP contribution in [0.5, 0.6) is 0 Å². The number of hydrogen-bond donors (Lipinski definition) is 0. The lowest BCUT2D eigenvalue weighted by atomic mass is 9.92. The van der Waals surface area contributed by atoms with Gasteiger partial charge in [-0.15, -0.1) is 0 Å². The van der Waals surface area contributed by atoms with E-state index >= 15 is 0 Å². The summed E-state index contributed by atoms with van der Waals surface area (Å²) in [6.07, 6.45) is 0. The maximum absolute atomic E-state index is 9.60. The molecule has 0 bridgehead atoms. The Morgan fingerprint density at radius 3 is 1.79 bits per heavy atom. The third-order valence-corrected chi connectivity index (χ3v) is 9.14. The van der Waals surface area contributed by atoms with Crippen LogP contribution >= 0.6 is 0 Å². The van der Waals surface area contributed by atoms with E-state index in [1.807, 2.05) is 121 Å². The topological polar surface area (TPSA) is 51.8 Å². The van der Waals surface area contributed by atoms with Crippen LogP contribution in [-0.4, -0.2) is 15.0 Å². The number of nitrogens with zero attached hydrogens (tertiary/aromatic N) is 3. The first-order chi connectivity index (χ1) is 30.8. The second-order valence-corrected chi connectivity index (χ2v) is 12.4. The van der Waals surface area contributed by atoms with Crippen molar-refractivity contribution in [2.75, 3.05) is 0 Å². The lowest BCUT2D eigenvalue weighted by Gasteiger charge is -2.14. The van der Waals surface area contributed by atoms with E-state index in [2.05, 4.69) is 0 Å². The summed E-state index contributed by atoms with van der Waals surface area (Å²) in [5, 5.41) is 1.51. The molecule has 248 valence electrons. The van der Waals surface area contributed by atoms with E-state index in [0.717, 1.165) is 33.0 Å². The van der Waals surface area contributed by atoms with Gasteiger partial charge >= 0.3 is 0 Å². The average molecular weight is 689 g/mol. The molecule has 10 rings (SSSR count). The second kappa shape index (κ2) is 12.9. The lowest BCUT2D eigenvalue weighted by Crippen LogP contribution is -2.00. The number of hydrogen-bond acceptors (Lipinski definition) is 4. The molecule has 10 aromatic rings. The molecule has 2 heterocycles. The highest BCUT2D eigenvalue weighted by Crippen LogP contribution is 2.39. The molecule has 8 aromatic carbocycles. The van der Waals surface area contributed by atoms with Crippen molar-refractivity contribution < 1.29 is 19.5 Å². The molecule has 0 unspecified atom stereocenters. The van der Waals surface area contributed by atoms with Gasteiger partial charge in [0.05, 0.1) is 15.1 Å². The first kappa shape index (κ1) is 21.3. The van der Waals surface area contributed by atoms with Crippen molar-refractivity contribution in [1.82, 2.24) is 15.0 Å². The quantitative estimate of drug-likeness (QED) is 0.174. The van der Waals surface area contributed by atoms with Crippen LogP contribution in [0.25, 0.3) is 100 Å². The van der Waals surface area contributed by atoms with Crippen LogP contribution in [0.2, 0.25) is 0 Å². The Hall–Kier alpha value is -7.17. The zero-order chi connectivity index (χ0) is 44.7. The third kappa shape index (κ3) is 5.63. The molecule has 0 fully saturated rings. The number of benzene rings is 8. The molecule has 0 saturated carbocycles. The Kier molecular flexibility index (Phi) is 5.16. The fourth-order valence-electron chi connectivity index (χ4n) is 6.61. The molecule has 2 aromatic heterocycles. The predicted molar refractivity (Wildman–Crippen MR) is 217 cm³/mol. The van der Waals surface area contributed by atoms with Crippen LogP contribution in [-0.2, 0) is 0 Å². The fraction of sp³-hybridized carbons (Fsp3) is 0. The molecule has 4 nitrogen and oxygen atoms in total. The highest BCUT2D eigenvalue weighted by atomic mass is 16.3. The van der Waals surface area contributed by atoms with E-state index in [4.69, 9.17) is 30.3 Å². The first-order valence-corrected chi connectivity index (χ1v) is 16.9. The van der Waals surface area contributed by atoms with Crippen molar-refractivity contribution in [2.45, 2.75) is 0 Å². The minimum absolute atomic E-state index is 0.119. The van der Waals surface area contributed by atoms with Crippen molar-refractivity contribution in [2.24, 2.45) is 0 Å². The molecule has 0 radical (unpaired) electrons. The number of fused-ring (bicyclic) bond motifs is 4. The summed E-state index contributed by atoms with van der Waals surface area (Å²) in [7, 11) is 0. The molecule has 0 aliphatic rings. The molecule has 0 aliphatic carbocycles. The van der Waals surface area contributed by atoms with Crippen LogP contribution in [0, 0.1) is 0 Å². The summed E-state index contributed by atoms with van der Waals surface area (Å²) in [6, 6.07) is 32.6. The van der Waals surface area contributed by atoms with Crippen LogP contribution in [0.15, 0.2) is 192 Å². The third-order valence-electron chi connectivity index (χ3n) is 9.14. The van der Waals surface area contributed by atoms with Crippen LogP contribution in [0.4, 0.5) is 0 Å². The van der Waals surface area contributed by atoms with Gasteiger partial charge in [0, 0.05) is 27.5 Å². The van der Waals surface area contributed by atoms with Gasteiger partial charge in [-0.1, -0.05) is 158 Å². The molecule has 53 heavy (non-hydrogen) atoms. The van der Waals surface area contributed by atoms with Gasteiger partial charge in [-0.3, -0.25) is 0 Å². The Balaban J connectivity index is 1.26. The smallest absolute Gasteiger partial charge is 0.164 e. The molecule has 0 N–H and O–H groups in total. The maximum Gasteiger partial charge on any atom is 0.164 e. The minimum atomic E-state index is -0.688. The van der Waals surface area contributed by atoms with Crippen LogP contribution in [0.1, 0.15) is 15.1 Å². The van der Waals surface area contributed by atoms with E-state index in [1.54, 1.807) is 0 Å². The number of rotatable bonds is 6. The minimum Gasteiger partial charge on any atom is -0.456 e. The normalized spacial score (nSPS) is 14.3. The van der Waals surface area contributed by atoms with Gasteiger partial charge in [-0.2, -0.15) is 0 Å². The summed E-state index contributed by atoms with van der Waals surface area (Å²) >= 11 is 0. The maximum atomic E-state index is 9.60. The second-order valence-electron chi connectivity index (χ2n) is 12.4. The van der Waals surface area contributed by atoms with Crippen molar-refractivity contribution in [3.63, 3.8) is 0 Å². The Morgan fingerprint density at radius 2 is 1.04 bits per heavy atom. The van der Waals surface area contributed by atoms with E-state index in [1.165, 1.54) is 0 Å². The van der Waals surface area contributed by atoms with E-state index < -0.39 is 72.0 Å². The highest BCUT2D eigenvalue weighted by Gasteiger charge is 2.18. The van der Waals surface area contributed by atoms with Gasteiger partial charge < -0.3 is 4.42 Å². The molecular weight excluding hydrogens is 647 g/mol. The summed E-state index contributed by atoms with van der Waals surface area (Å²) in [5.41, 5.74) is 3.42. The lowest BCUT2D eigenvalue weighted by molar-refractivity contribution is 0.669. The summed E-state index contributed by atoms with van der Waals surface area (Å²) in [5.74, 6) is 0.324. The van der Waals surface area contributed by atoms with E-state index in [0.29, 0.717) is 11.1 Å². The average Bonchev–Trinajstić information content (AvgIpc) is 3.73. The Bertz CT molecular complexity index is 3550. The fourth-order valence-corrected chi connectivity index (χ4v) is 6.61. The van der Waals surface area contributed by atoms with Crippen molar-refractivity contribution >= 4 is 32.7 Å². The van der Waals surface area contributed by atoms with E-state index in [-0.39, 0.29) is 50.5 Å². The molecular formula is C49H31N3O. The largest absolute Gasteiger partial charge is 0.456 e. The highest BCUT2D eigenvalue weighted by molar-refractivity contribution is 6.13. The Labute approximate surface area is 322 Å². The SMILES string of the molecule is [2H]c1c([2H])c([2H])c(-c2c([2H])c([2H])c([2H])c3oc4c([2H])c(-c5nc(-c6ccc(-c7ccccc7)c(-c7ccccc7)c6)nc(-c6ccc7ccccc7c6)n5)c([2H])c([2H])c4c23)c([2H])c1[2H]. The predicted octanol–water partition coefficient (Wildman–Crippen LogP) is 12.9. The van der Waals surface area contributed by atoms with Crippen molar-refractivity contribution in [3.05, 3.63) is 188 Å². The summed E-state index contributed by atoms with van der Waals surface area (Å²) in [4.78, 5) is 14.7. The van der Waals surface area contributed by atoms with Crippen molar-refractivity contribution in [3.8, 4) is 67.5 Å². The van der Waals surface area contributed by atoms with Crippen LogP contribution in [0.3, 0.4) is 0 Å². The molecule has 0 amide bonds. The van der Waals surface area contributed by atoms with Gasteiger partial charge in [0.15, 0.2) is 17.5 Å². The number of aromatic nitrogens is 3. The molecule has 0 saturated heterocycles. The van der Waals surface area contributed by atoms with Gasteiger partial charge in [-0.05, 0) is 74.4 Å². The number of furan rings is 1. The molecule has 4 heteroatoms. The molecule has 0 atom stereocenters. The Morgan fingerprint density at radius 1 is 0.396 bits per heavy atom. The summed E-state index contributed by atoms with van der Waals surface area (Å²) < 4.78 is 103. The van der Waals surface area contributed by atoms with Gasteiger partial charge in [0.25, 0.3) is 0 Å². The zero-order valence-electron chi connectivity index (χ0n) is 38.8. The van der Waals surface area contributed by atoms with Gasteiger partial charge in [-0.25, -0.2) is 15.0 Å². The summed E-state index contributed by atoms with van der Waals surface area (Å²) in [6.45, 7) is 0. The standard InChI is InChI=1S/C49H31N3O/c1-4-14-33(15-5-1)40-27-25-38(30-43(40)35-18-8-3-9-19-35)48-50-47(37-24-23-32-13-10-11-20-36(32)29-37)51-49(52-48)39-26-28-42-45(31-39)53-44-22-12-21-41(46(42)44)34-16-6-2-7-17-34/h1-31H/i2D,6D,7D,12D,16D,17D,21D,22D,26D,28D,31D. The first-order valence-electron chi connectivity index (χ1n) is 22.4. The van der Waals surface area contributed by atoms with Crippen LogP contribution < -0.4 is 0 Å².